The van der Waals surface area contributed by atoms with E-state index in [0.717, 1.165) is 14.6 Å². The summed E-state index contributed by atoms with van der Waals surface area (Å²) in [5, 5.41) is 13.9. The summed E-state index contributed by atoms with van der Waals surface area (Å²) in [5.41, 5.74) is 1.13. The van der Waals surface area contributed by atoms with Crippen LogP contribution >= 0.6 is 22.6 Å². The van der Waals surface area contributed by atoms with E-state index in [0.29, 0.717) is 11.2 Å². The zero-order valence-electron chi connectivity index (χ0n) is 10.9. The van der Waals surface area contributed by atoms with E-state index in [9.17, 15) is 9.90 Å². The molecule has 104 valence electrons. The molecule has 0 amide bonds. The van der Waals surface area contributed by atoms with E-state index >= 15 is 0 Å². The van der Waals surface area contributed by atoms with Gasteiger partial charge < -0.3 is 10.4 Å². The topological polar surface area (TPSA) is 62.2 Å². The summed E-state index contributed by atoms with van der Waals surface area (Å²) in [4.78, 5) is 15.5. The molecular weight excluding hydrogens is 379 g/mol. The molecule has 0 radical (unpaired) electrons. The van der Waals surface area contributed by atoms with Crippen molar-refractivity contribution in [2.75, 3.05) is 5.32 Å². The predicted molar refractivity (Wildman–Crippen MR) is 91.1 cm³/mol. The van der Waals surface area contributed by atoms with E-state index < -0.39 is 5.97 Å². The quantitative estimate of drug-likeness (QED) is 0.656. The number of carboxylic acids is 1. The first-order chi connectivity index (χ1) is 10.1. The molecule has 1 heterocycles. The van der Waals surface area contributed by atoms with Gasteiger partial charge in [0, 0.05) is 26.2 Å². The summed E-state index contributed by atoms with van der Waals surface area (Å²) in [6.45, 7) is 0. The fraction of sp³-hybridized carbons (Fsp3) is 0. The molecule has 2 aromatic carbocycles. The predicted octanol–water partition coefficient (Wildman–Crippen LogP) is 4.28. The number of fused-ring (bicyclic) bond motifs is 1. The van der Waals surface area contributed by atoms with Gasteiger partial charge in [0.2, 0.25) is 0 Å². The first kappa shape index (κ1) is 13.8. The average molecular weight is 390 g/mol. The minimum absolute atomic E-state index is 0.207. The van der Waals surface area contributed by atoms with Gasteiger partial charge in [-0.15, -0.1) is 0 Å². The van der Waals surface area contributed by atoms with Crippen LogP contribution in [0.25, 0.3) is 10.8 Å². The first-order valence-corrected chi connectivity index (χ1v) is 7.36. The number of anilines is 2. The largest absolute Gasteiger partial charge is 0.478 e. The Balaban J connectivity index is 2.12. The van der Waals surface area contributed by atoms with Crippen LogP contribution < -0.4 is 5.32 Å². The van der Waals surface area contributed by atoms with Crippen LogP contribution in [0, 0.1) is 3.57 Å². The molecule has 4 nitrogen and oxygen atoms in total. The van der Waals surface area contributed by atoms with Crippen molar-refractivity contribution >= 4 is 50.8 Å². The lowest BCUT2D eigenvalue weighted by Gasteiger charge is -2.10. The molecule has 0 unspecified atom stereocenters. The summed E-state index contributed by atoms with van der Waals surface area (Å²) in [6, 6.07) is 15.3. The Morgan fingerprint density at radius 2 is 1.86 bits per heavy atom. The van der Waals surface area contributed by atoms with Crippen molar-refractivity contribution in [1.82, 2.24) is 4.98 Å². The van der Waals surface area contributed by atoms with Crippen LogP contribution in [-0.2, 0) is 0 Å². The monoisotopic (exact) mass is 390 g/mol. The second-order valence-corrected chi connectivity index (χ2v) is 5.75. The van der Waals surface area contributed by atoms with E-state index in [1.54, 1.807) is 6.07 Å². The third-order valence-corrected chi connectivity index (χ3v) is 3.78. The van der Waals surface area contributed by atoms with Crippen LogP contribution in [0.5, 0.6) is 0 Å². The first-order valence-electron chi connectivity index (χ1n) is 6.29. The Morgan fingerprint density at radius 1 is 1.10 bits per heavy atom. The molecule has 5 heteroatoms. The third kappa shape index (κ3) is 2.82. The number of halogens is 1. The molecule has 0 aliphatic carbocycles. The maximum atomic E-state index is 11.3. The molecule has 0 spiro atoms. The Labute approximate surface area is 135 Å². The number of hydrogen-bond donors (Lipinski definition) is 2. The number of nitrogens with zero attached hydrogens (tertiary/aromatic N) is 1. The van der Waals surface area contributed by atoms with Gasteiger partial charge in [-0.25, -0.2) is 9.78 Å². The van der Waals surface area contributed by atoms with Crippen LogP contribution in [0.4, 0.5) is 11.5 Å². The van der Waals surface area contributed by atoms with E-state index in [1.165, 1.54) is 6.20 Å². The van der Waals surface area contributed by atoms with Crippen LogP contribution in [0.15, 0.2) is 54.7 Å². The van der Waals surface area contributed by atoms with Crippen molar-refractivity contribution in [3.8, 4) is 0 Å². The maximum Gasteiger partial charge on any atom is 0.337 e. The molecule has 0 bridgehead atoms. The van der Waals surface area contributed by atoms with Crippen LogP contribution in [0.2, 0.25) is 0 Å². The number of nitrogens with one attached hydrogen (secondary N) is 1. The molecular formula is C16H11IN2O2. The molecule has 0 aliphatic rings. The average Bonchev–Trinajstić information content (AvgIpc) is 2.47. The Morgan fingerprint density at radius 3 is 2.57 bits per heavy atom. The van der Waals surface area contributed by atoms with Gasteiger partial charge >= 0.3 is 5.97 Å². The van der Waals surface area contributed by atoms with Crippen molar-refractivity contribution in [2.24, 2.45) is 0 Å². The summed E-state index contributed by atoms with van der Waals surface area (Å²) < 4.78 is 1.11. The molecule has 0 fully saturated rings. The second kappa shape index (κ2) is 5.69. The summed E-state index contributed by atoms with van der Waals surface area (Å²) in [7, 11) is 0. The number of pyridine rings is 1. The third-order valence-electron chi connectivity index (χ3n) is 3.11. The fourth-order valence-electron chi connectivity index (χ4n) is 2.17. The van der Waals surface area contributed by atoms with Gasteiger partial charge in [-0.1, -0.05) is 30.3 Å². The SMILES string of the molecule is O=C(O)c1cnc(Nc2cccc(I)c2)c2ccccc12. The molecule has 1 aromatic heterocycles. The molecule has 2 N–H and O–H groups in total. The highest BCUT2D eigenvalue weighted by atomic mass is 127. The lowest BCUT2D eigenvalue weighted by atomic mass is 10.1. The molecule has 0 atom stereocenters. The van der Waals surface area contributed by atoms with Gasteiger partial charge in [-0.2, -0.15) is 0 Å². The van der Waals surface area contributed by atoms with Crippen LogP contribution in [0.1, 0.15) is 10.4 Å². The molecule has 0 saturated heterocycles. The maximum absolute atomic E-state index is 11.3. The molecule has 21 heavy (non-hydrogen) atoms. The highest BCUT2D eigenvalue weighted by Gasteiger charge is 2.12. The highest BCUT2D eigenvalue weighted by Crippen LogP contribution is 2.27. The number of carbonyl (C=O) groups is 1. The second-order valence-electron chi connectivity index (χ2n) is 4.51. The number of aromatic nitrogens is 1. The number of benzene rings is 2. The number of hydrogen-bond acceptors (Lipinski definition) is 3. The van der Waals surface area contributed by atoms with Crippen molar-refractivity contribution in [1.29, 1.82) is 0 Å². The zero-order chi connectivity index (χ0) is 14.8. The normalized spacial score (nSPS) is 10.5. The standard InChI is InChI=1S/C16H11IN2O2/c17-10-4-3-5-11(8-10)19-15-13-7-2-1-6-12(13)14(9-18-15)16(20)21/h1-9H,(H,18,19)(H,20,21). The van der Waals surface area contributed by atoms with Crippen LogP contribution in [-0.4, -0.2) is 16.1 Å². The minimum atomic E-state index is -0.973. The Hall–Kier alpha value is -2.15. The summed E-state index contributed by atoms with van der Waals surface area (Å²) in [6.07, 6.45) is 1.39. The Kier molecular flexibility index (Phi) is 3.74. The lowest BCUT2D eigenvalue weighted by Crippen LogP contribution is -2.02. The molecule has 3 rings (SSSR count). The number of aromatic carboxylic acids is 1. The van der Waals surface area contributed by atoms with Gasteiger partial charge in [0.05, 0.1) is 5.56 Å². The van der Waals surface area contributed by atoms with Crippen molar-refractivity contribution in [2.45, 2.75) is 0 Å². The van der Waals surface area contributed by atoms with Gasteiger partial charge in [0.25, 0.3) is 0 Å². The lowest BCUT2D eigenvalue weighted by molar-refractivity contribution is 0.0698. The summed E-state index contributed by atoms with van der Waals surface area (Å²) in [5.74, 6) is -0.322. The van der Waals surface area contributed by atoms with Crippen LogP contribution in [0.3, 0.4) is 0 Å². The molecule has 0 aliphatic heterocycles. The van der Waals surface area contributed by atoms with Gasteiger partial charge in [0.15, 0.2) is 0 Å². The molecule has 0 saturated carbocycles. The van der Waals surface area contributed by atoms with E-state index in [2.05, 4.69) is 32.9 Å². The van der Waals surface area contributed by atoms with Gasteiger partial charge in [-0.05, 0) is 40.8 Å². The highest BCUT2D eigenvalue weighted by molar-refractivity contribution is 14.1. The van der Waals surface area contributed by atoms with Crippen molar-refractivity contribution in [3.63, 3.8) is 0 Å². The Bertz CT molecular complexity index is 833. The summed E-state index contributed by atoms with van der Waals surface area (Å²) >= 11 is 2.24. The fourth-order valence-corrected chi connectivity index (χ4v) is 2.71. The number of carboxylic acid groups (broad SMARTS) is 1. The van der Waals surface area contributed by atoms with Crippen molar-refractivity contribution in [3.05, 3.63) is 63.9 Å². The van der Waals surface area contributed by atoms with E-state index in [-0.39, 0.29) is 5.56 Å². The number of rotatable bonds is 3. The molecule has 3 aromatic rings. The van der Waals surface area contributed by atoms with E-state index in [1.807, 2.05) is 42.5 Å². The van der Waals surface area contributed by atoms with E-state index in [4.69, 9.17) is 0 Å². The van der Waals surface area contributed by atoms with Gasteiger partial charge in [-0.3, -0.25) is 0 Å². The zero-order valence-corrected chi connectivity index (χ0v) is 13.0. The minimum Gasteiger partial charge on any atom is -0.478 e. The smallest absolute Gasteiger partial charge is 0.337 e. The van der Waals surface area contributed by atoms with Gasteiger partial charge in [0.1, 0.15) is 5.82 Å². The van der Waals surface area contributed by atoms with Crippen molar-refractivity contribution < 1.29 is 9.90 Å².